The van der Waals surface area contributed by atoms with E-state index in [1.165, 1.54) is 24.3 Å². The van der Waals surface area contributed by atoms with Gasteiger partial charge in [0.25, 0.3) is 11.7 Å². The highest BCUT2D eigenvalue weighted by molar-refractivity contribution is 7.99. The molecule has 132 valence electrons. The van der Waals surface area contributed by atoms with Crippen molar-refractivity contribution in [1.29, 1.82) is 0 Å². The zero-order chi connectivity index (χ0) is 18.0. The third-order valence-electron chi connectivity index (χ3n) is 3.86. The third-order valence-corrected chi connectivity index (χ3v) is 4.58. The van der Waals surface area contributed by atoms with Crippen LogP contribution in [0.1, 0.15) is 29.8 Å². The molecule has 0 saturated heterocycles. The number of thioether (sulfide) groups is 1. The zero-order valence-electron chi connectivity index (χ0n) is 13.7. The zero-order valence-corrected chi connectivity index (χ0v) is 14.5. The first kappa shape index (κ1) is 17.5. The topological polar surface area (TPSA) is 47.6 Å². The fraction of sp³-hybridized carbons (Fsp3) is 0.278. The van der Waals surface area contributed by atoms with E-state index in [0.717, 1.165) is 5.56 Å². The van der Waals surface area contributed by atoms with Crippen LogP contribution in [-0.2, 0) is 5.54 Å². The van der Waals surface area contributed by atoms with Crippen LogP contribution >= 0.6 is 11.8 Å². The summed E-state index contributed by atoms with van der Waals surface area (Å²) in [6.07, 6.45) is 0. The van der Waals surface area contributed by atoms with E-state index in [1.54, 1.807) is 0 Å². The minimum atomic E-state index is -2.48. The highest BCUT2D eigenvalue weighted by atomic mass is 32.2. The van der Waals surface area contributed by atoms with Crippen molar-refractivity contribution in [2.45, 2.75) is 30.0 Å². The number of rotatable bonds is 5. The summed E-state index contributed by atoms with van der Waals surface area (Å²) in [6.45, 7) is 3.95. The molecule has 0 radical (unpaired) electrons. The second kappa shape index (κ2) is 6.92. The molecule has 1 amide bonds. The highest BCUT2D eigenvalue weighted by Gasteiger charge is 2.26. The van der Waals surface area contributed by atoms with Crippen molar-refractivity contribution in [3.05, 3.63) is 53.6 Å². The number of alkyl halides is 2. The van der Waals surface area contributed by atoms with E-state index in [0.29, 0.717) is 33.7 Å². The Bertz CT molecular complexity index is 778. The molecule has 3 rings (SSSR count). The maximum Gasteiger partial charge on any atom is 0.288 e. The predicted molar refractivity (Wildman–Crippen MR) is 91.4 cm³/mol. The van der Waals surface area contributed by atoms with Gasteiger partial charge in [-0.3, -0.25) is 4.79 Å². The largest absolute Gasteiger partial charge is 0.454 e. The van der Waals surface area contributed by atoms with Crippen LogP contribution in [0.5, 0.6) is 11.5 Å². The molecule has 0 fully saturated rings. The van der Waals surface area contributed by atoms with Gasteiger partial charge in [-0.05, 0) is 55.8 Å². The lowest BCUT2D eigenvalue weighted by molar-refractivity contribution is 0.0912. The first-order chi connectivity index (χ1) is 11.8. The van der Waals surface area contributed by atoms with E-state index >= 15 is 0 Å². The van der Waals surface area contributed by atoms with Crippen molar-refractivity contribution in [2.24, 2.45) is 0 Å². The van der Waals surface area contributed by atoms with Crippen LogP contribution in [0.3, 0.4) is 0 Å². The Balaban J connectivity index is 1.72. The first-order valence-electron chi connectivity index (χ1n) is 7.63. The van der Waals surface area contributed by atoms with Gasteiger partial charge in [0.1, 0.15) is 0 Å². The molecule has 1 N–H and O–H groups in total. The number of hydrogen-bond acceptors (Lipinski definition) is 4. The highest BCUT2D eigenvalue weighted by Crippen LogP contribution is 2.35. The minimum Gasteiger partial charge on any atom is -0.454 e. The Labute approximate surface area is 148 Å². The molecular weight excluding hydrogens is 348 g/mol. The van der Waals surface area contributed by atoms with Gasteiger partial charge in [-0.1, -0.05) is 17.8 Å². The molecule has 25 heavy (non-hydrogen) atoms. The normalized spacial score (nSPS) is 13.2. The van der Waals surface area contributed by atoms with E-state index in [2.05, 4.69) is 5.32 Å². The predicted octanol–water partition coefficient (Wildman–Crippen LogP) is 4.40. The Hall–Kier alpha value is -2.28. The van der Waals surface area contributed by atoms with Crippen molar-refractivity contribution in [1.82, 2.24) is 5.32 Å². The van der Waals surface area contributed by atoms with Gasteiger partial charge in [0.2, 0.25) is 6.79 Å². The lowest BCUT2D eigenvalue weighted by atomic mass is 9.93. The van der Waals surface area contributed by atoms with Gasteiger partial charge in [0.05, 0.1) is 5.54 Å². The van der Waals surface area contributed by atoms with E-state index < -0.39 is 11.3 Å². The quantitative estimate of drug-likeness (QED) is 0.798. The van der Waals surface area contributed by atoms with Crippen LogP contribution < -0.4 is 14.8 Å². The number of ether oxygens (including phenoxy) is 2. The summed E-state index contributed by atoms with van der Waals surface area (Å²) in [4.78, 5) is 12.9. The average Bonchev–Trinajstić information content (AvgIpc) is 3.02. The van der Waals surface area contributed by atoms with Gasteiger partial charge in [-0.15, -0.1) is 0 Å². The monoisotopic (exact) mass is 365 g/mol. The standard InChI is InChI=1S/C18H17F2NO3S/c1-18(2,12-5-8-14-15(9-12)24-10-23-14)21-16(22)11-3-6-13(7-4-11)25-17(19)20/h3-9,17H,10H2,1-2H3,(H,21,22). The number of hydrogen-bond donors (Lipinski definition) is 1. The molecule has 0 atom stereocenters. The Morgan fingerprint density at radius 2 is 1.80 bits per heavy atom. The van der Waals surface area contributed by atoms with Crippen LogP contribution in [-0.4, -0.2) is 18.5 Å². The Morgan fingerprint density at radius 3 is 2.48 bits per heavy atom. The number of amides is 1. The lowest BCUT2D eigenvalue weighted by Crippen LogP contribution is -2.40. The SMILES string of the molecule is CC(C)(NC(=O)c1ccc(SC(F)F)cc1)c1ccc2c(c1)OCO2. The summed E-state index contributed by atoms with van der Waals surface area (Å²) < 4.78 is 35.4. The van der Waals surface area contributed by atoms with Crippen LogP contribution in [0.25, 0.3) is 0 Å². The van der Waals surface area contributed by atoms with Crippen LogP contribution in [0, 0.1) is 0 Å². The maximum atomic E-state index is 12.5. The number of carbonyl (C=O) groups is 1. The first-order valence-corrected chi connectivity index (χ1v) is 8.51. The van der Waals surface area contributed by atoms with Crippen LogP contribution in [0.2, 0.25) is 0 Å². The third kappa shape index (κ3) is 4.04. The molecule has 0 aromatic heterocycles. The second-order valence-corrected chi connectivity index (χ2v) is 7.11. The molecule has 0 spiro atoms. The molecule has 1 aliphatic heterocycles. The maximum absolute atomic E-state index is 12.5. The number of benzene rings is 2. The smallest absolute Gasteiger partial charge is 0.288 e. The molecule has 2 aromatic carbocycles. The van der Waals surface area contributed by atoms with Crippen molar-refractivity contribution in [3.63, 3.8) is 0 Å². The lowest BCUT2D eigenvalue weighted by Gasteiger charge is -2.27. The molecule has 0 unspecified atom stereocenters. The summed E-state index contributed by atoms with van der Waals surface area (Å²) in [7, 11) is 0. The summed E-state index contributed by atoms with van der Waals surface area (Å²) >= 11 is 0.449. The summed E-state index contributed by atoms with van der Waals surface area (Å²) in [5, 5.41) is 2.95. The number of carbonyl (C=O) groups excluding carboxylic acids is 1. The fourth-order valence-corrected chi connectivity index (χ4v) is 3.00. The average molecular weight is 365 g/mol. The number of fused-ring (bicyclic) bond motifs is 1. The van der Waals surface area contributed by atoms with Gasteiger partial charge >= 0.3 is 0 Å². The fourth-order valence-electron chi connectivity index (χ4n) is 2.50. The van der Waals surface area contributed by atoms with Crippen molar-refractivity contribution in [3.8, 4) is 11.5 Å². The molecule has 0 aliphatic carbocycles. The number of nitrogens with one attached hydrogen (secondary N) is 1. The van der Waals surface area contributed by atoms with Crippen LogP contribution in [0.4, 0.5) is 8.78 Å². The molecule has 0 bridgehead atoms. The van der Waals surface area contributed by atoms with Crippen molar-refractivity contribution >= 4 is 17.7 Å². The molecule has 2 aromatic rings. The molecule has 0 saturated carbocycles. The Morgan fingerprint density at radius 1 is 1.12 bits per heavy atom. The van der Waals surface area contributed by atoms with Gasteiger partial charge < -0.3 is 14.8 Å². The van der Waals surface area contributed by atoms with E-state index in [9.17, 15) is 13.6 Å². The summed E-state index contributed by atoms with van der Waals surface area (Å²) in [5.74, 6) is -1.44. The molecule has 4 nitrogen and oxygen atoms in total. The van der Waals surface area contributed by atoms with Gasteiger partial charge in [0.15, 0.2) is 11.5 Å². The van der Waals surface area contributed by atoms with Gasteiger partial charge in [-0.25, -0.2) is 0 Å². The number of halogens is 2. The summed E-state index contributed by atoms with van der Waals surface area (Å²) in [5.41, 5.74) is 0.636. The van der Waals surface area contributed by atoms with Gasteiger partial charge in [-0.2, -0.15) is 8.78 Å². The molecular formula is C18H17F2NO3S. The molecule has 7 heteroatoms. The summed E-state index contributed by atoms with van der Waals surface area (Å²) in [6, 6.07) is 11.6. The van der Waals surface area contributed by atoms with E-state index in [-0.39, 0.29) is 12.7 Å². The van der Waals surface area contributed by atoms with E-state index in [4.69, 9.17) is 9.47 Å². The Kier molecular flexibility index (Phi) is 4.85. The second-order valence-electron chi connectivity index (χ2n) is 6.05. The molecule has 1 aliphatic rings. The van der Waals surface area contributed by atoms with Gasteiger partial charge in [0, 0.05) is 10.5 Å². The molecule has 1 heterocycles. The van der Waals surface area contributed by atoms with Crippen molar-refractivity contribution < 1.29 is 23.0 Å². The van der Waals surface area contributed by atoms with Crippen LogP contribution in [0.15, 0.2) is 47.4 Å². The minimum absolute atomic E-state index is 0.189. The van der Waals surface area contributed by atoms with E-state index in [1.807, 2.05) is 32.0 Å². The van der Waals surface area contributed by atoms with Crippen molar-refractivity contribution in [2.75, 3.05) is 6.79 Å².